The van der Waals surface area contributed by atoms with E-state index in [-0.39, 0.29) is 29.0 Å². The highest BCUT2D eigenvalue weighted by Gasteiger charge is 2.27. The molecule has 1 aliphatic heterocycles. The number of hydrogen-bond donors (Lipinski definition) is 2. The van der Waals surface area contributed by atoms with Gasteiger partial charge in [0.05, 0.1) is 12.1 Å². The topological polar surface area (TPSA) is 127 Å². The number of anilines is 1. The lowest BCUT2D eigenvalue weighted by molar-refractivity contribution is 0.183. The highest BCUT2D eigenvalue weighted by Crippen LogP contribution is 2.25. The summed E-state index contributed by atoms with van der Waals surface area (Å²) in [5.41, 5.74) is 2.69. The summed E-state index contributed by atoms with van der Waals surface area (Å²) in [7, 11) is 1.57. The first kappa shape index (κ1) is 23.5. The Morgan fingerprint density at radius 3 is 2.67 bits per heavy atom. The molecular weight excluding hydrogens is 462 g/mol. The van der Waals surface area contributed by atoms with E-state index >= 15 is 0 Å². The number of H-pyrrole nitrogens is 1. The van der Waals surface area contributed by atoms with E-state index in [0.29, 0.717) is 44.7 Å². The molecular formula is C25H27N7O4. The number of amides is 2. The second kappa shape index (κ2) is 10.2. The molecule has 0 saturated carbocycles. The molecule has 186 valence electrons. The van der Waals surface area contributed by atoms with E-state index in [2.05, 4.69) is 20.3 Å². The van der Waals surface area contributed by atoms with Gasteiger partial charge >= 0.3 is 11.7 Å². The van der Waals surface area contributed by atoms with Gasteiger partial charge in [-0.15, -0.1) is 0 Å². The minimum Gasteiger partial charge on any atom is -0.383 e. The Kier molecular flexibility index (Phi) is 6.63. The number of rotatable bonds is 6. The van der Waals surface area contributed by atoms with Crippen molar-refractivity contribution in [2.45, 2.75) is 25.4 Å². The Morgan fingerprint density at radius 1 is 1.14 bits per heavy atom. The van der Waals surface area contributed by atoms with Crippen molar-refractivity contribution >= 4 is 22.9 Å². The van der Waals surface area contributed by atoms with E-state index in [0.717, 1.165) is 16.6 Å². The number of carbonyl (C=O) groups is 1. The summed E-state index contributed by atoms with van der Waals surface area (Å²) in [5.74, 6) is 0. The molecule has 5 heterocycles. The molecule has 11 heteroatoms. The maximum absolute atomic E-state index is 13.1. The van der Waals surface area contributed by atoms with E-state index < -0.39 is 0 Å². The lowest BCUT2D eigenvalue weighted by Gasteiger charge is -2.32. The summed E-state index contributed by atoms with van der Waals surface area (Å²) < 4.78 is 8.41. The molecule has 0 atom stereocenters. The van der Waals surface area contributed by atoms with Gasteiger partial charge in [0.2, 0.25) is 0 Å². The Balaban J connectivity index is 1.33. The minimum atomic E-state index is -0.344. The fourth-order valence-corrected chi connectivity index (χ4v) is 4.63. The van der Waals surface area contributed by atoms with Gasteiger partial charge in [-0.25, -0.2) is 14.6 Å². The van der Waals surface area contributed by atoms with Gasteiger partial charge in [-0.2, -0.15) is 0 Å². The van der Waals surface area contributed by atoms with E-state index in [1.54, 1.807) is 58.1 Å². The van der Waals surface area contributed by atoms with E-state index in [1.165, 1.54) is 0 Å². The predicted octanol–water partition coefficient (Wildman–Crippen LogP) is 2.46. The lowest BCUT2D eigenvalue weighted by Crippen LogP contribution is -2.43. The van der Waals surface area contributed by atoms with Gasteiger partial charge in [-0.05, 0) is 48.7 Å². The number of imidazole rings is 1. The van der Waals surface area contributed by atoms with Crippen LogP contribution in [0.4, 0.5) is 10.5 Å². The highest BCUT2D eigenvalue weighted by atomic mass is 16.5. The van der Waals surface area contributed by atoms with Crippen LogP contribution in [0, 0.1) is 0 Å². The number of methoxy groups -OCH3 is 1. The first-order valence-electron chi connectivity index (χ1n) is 11.8. The van der Waals surface area contributed by atoms with Crippen molar-refractivity contribution in [1.82, 2.24) is 29.0 Å². The molecule has 4 aromatic rings. The Hall–Kier alpha value is -4.25. The fourth-order valence-electron chi connectivity index (χ4n) is 4.63. The van der Waals surface area contributed by atoms with Gasteiger partial charge in [0.1, 0.15) is 5.69 Å². The number of fused-ring (bicyclic) bond motifs is 1. The molecule has 2 amide bonds. The minimum absolute atomic E-state index is 0.0409. The summed E-state index contributed by atoms with van der Waals surface area (Å²) in [6, 6.07) is 8.66. The number of carbonyl (C=O) groups excluding carboxylic acids is 1. The van der Waals surface area contributed by atoms with Crippen LogP contribution in [0.15, 0.2) is 64.7 Å². The van der Waals surface area contributed by atoms with Crippen LogP contribution in [-0.4, -0.2) is 61.8 Å². The molecule has 0 aliphatic carbocycles. The third-order valence-electron chi connectivity index (χ3n) is 6.48. The SMILES string of the molecule is COCCn1cc(-c2ccncc2)cc(NC(=O)N2CCC(n3c(=O)[nH]c4ncccc43)CC2)c1=O. The lowest BCUT2D eigenvalue weighted by atomic mass is 10.0. The van der Waals surface area contributed by atoms with Crippen LogP contribution in [0.25, 0.3) is 22.3 Å². The van der Waals surface area contributed by atoms with Gasteiger partial charge in [0, 0.05) is 63.1 Å². The van der Waals surface area contributed by atoms with Crippen molar-refractivity contribution in [3.05, 3.63) is 76.0 Å². The highest BCUT2D eigenvalue weighted by molar-refractivity contribution is 5.90. The number of nitrogens with zero attached hydrogens (tertiary/aromatic N) is 5. The molecule has 2 N–H and O–H groups in total. The Bertz CT molecular complexity index is 1480. The molecule has 0 unspecified atom stereocenters. The monoisotopic (exact) mass is 489 g/mol. The molecule has 0 aromatic carbocycles. The van der Waals surface area contributed by atoms with Crippen LogP contribution in [0.5, 0.6) is 0 Å². The molecule has 1 aliphatic rings. The van der Waals surface area contributed by atoms with Crippen molar-refractivity contribution in [1.29, 1.82) is 0 Å². The van der Waals surface area contributed by atoms with Crippen molar-refractivity contribution in [2.24, 2.45) is 0 Å². The number of aromatic nitrogens is 5. The molecule has 4 aromatic heterocycles. The molecule has 1 saturated heterocycles. The molecule has 0 bridgehead atoms. The van der Waals surface area contributed by atoms with Gasteiger partial charge < -0.3 is 19.5 Å². The Labute approximate surface area is 206 Å². The average molecular weight is 490 g/mol. The van der Waals surface area contributed by atoms with Crippen LogP contribution in [0.1, 0.15) is 18.9 Å². The molecule has 11 nitrogen and oxygen atoms in total. The third kappa shape index (κ3) is 4.65. The summed E-state index contributed by atoms with van der Waals surface area (Å²) in [5, 5.41) is 2.81. The first-order valence-corrected chi connectivity index (χ1v) is 11.8. The van der Waals surface area contributed by atoms with Gasteiger partial charge in [-0.1, -0.05) is 0 Å². The average Bonchev–Trinajstić information content (AvgIpc) is 3.25. The number of likely N-dealkylation sites (tertiary alicyclic amines) is 1. The molecule has 0 radical (unpaired) electrons. The summed E-state index contributed by atoms with van der Waals surface area (Å²) in [6.07, 6.45) is 7.98. The van der Waals surface area contributed by atoms with Crippen LogP contribution >= 0.6 is 0 Å². The standard InChI is InChI=1S/C25H27N7O4/c1-36-14-13-31-16-18(17-4-9-26-10-5-17)15-20(23(31)33)28-24(34)30-11-6-19(7-12-30)32-21-3-2-8-27-22(21)29-25(32)35/h2-5,8-10,15-16,19H,6-7,11-14H2,1H3,(H,28,34)(H,27,29,35). The maximum atomic E-state index is 13.1. The zero-order chi connectivity index (χ0) is 25.1. The number of ether oxygens (including phenoxy) is 1. The second-order valence-electron chi connectivity index (χ2n) is 8.69. The first-order chi connectivity index (χ1) is 17.5. The quantitative estimate of drug-likeness (QED) is 0.428. The number of aromatic amines is 1. The molecule has 0 spiro atoms. The maximum Gasteiger partial charge on any atom is 0.327 e. The van der Waals surface area contributed by atoms with Crippen molar-refractivity contribution in [3.63, 3.8) is 0 Å². The molecule has 1 fully saturated rings. The summed E-state index contributed by atoms with van der Waals surface area (Å²) in [6.45, 7) is 1.63. The number of piperidine rings is 1. The van der Waals surface area contributed by atoms with Gasteiger partial charge in [0.25, 0.3) is 5.56 Å². The van der Waals surface area contributed by atoms with E-state index in [1.807, 2.05) is 18.2 Å². The van der Waals surface area contributed by atoms with Crippen molar-refractivity contribution < 1.29 is 9.53 Å². The normalized spacial score (nSPS) is 14.3. The van der Waals surface area contributed by atoms with Crippen LogP contribution in [0.3, 0.4) is 0 Å². The third-order valence-corrected chi connectivity index (χ3v) is 6.48. The van der Waals surface area contributed by atoms with Crippen LogP contribution in [-0.2, 0) is 11.3 Å². The smallest absolute Gasteiger partial charge is 0.327 e. The van der Waals surface area contributed by atoms with Gasteiger partial charge in [0.15, 0.2) is 5.65 Å². The van der Waals surface area contributed by atoms with Crippen LogP contribution < -0.4 is 16.6 Å². The van der Waals surface area contributed by atoms with Crippen molar-refractivity contribution in [2.75, 3.05) is 32.1 Å². The number of pyridine rings is 3. The number of nitrogens with one attached hydrogen (secondary N) is 2. The number of urea groups is 1. The second-order valence-corrected chi connectivity index (χ2v) is 8.69. The Morgan fingerprint density at radius 2 is 1.92 bits per heavy atom. The zero-order valence-corrected chi connectivity index (χ0v) is 19.9. The van der Waals surface area contributed by atoms with Gasteiger partial charge in [-0.3, -0.25) is 19.3 Å². The predicted molar refractivity (Wildman–Crippen MR) is 135 cm³/mol. The fraction of sp³-hybridized carbons (Fsp3) is 0.320. The van der Waals surface area contributed by atoms with E-state index in [4.69, 9.17) is 4.74 Å². The van der Waals surface area contributed by atoms with Crippen LogP contribution in [0.2, 0.25) is 0 Å². The zero-order valence-electron chi connectivity index (χ0n) is 19.9. The van der Waals surface area contributed by atoms with Crippen molar-refractivity contribution in [3.8, 4) is 11.1 Å². The molecule has 36 heavy (non-hydrogen) atoms. The largest absolute Gasteiger partial charge is 0.383 e. The molecule has 5 rings (SSSR count). The summed E-state index contributed by atoms with van der Waals surface area (Å²) in [4.78, 5) is 51.4. The summed E-state index contributed by atoms with van der Waals surface area (Å²) >= 11 is 0. The number of hydrogen-bond acceptors (Lipinski definition) is 6. The van der Waals surface area contributed by atoms with E-state index in [9.17, 15) is 14.4 Å².